The van der Waals surface area contributed by atoms with Crippen LogP contribution in [0.2, 0.25) is 0 Å². The van der Waals surface area contributed by atoms with Gasteiger partial charge in [-0.1, -0.05) is 24.4 Å². The van der Waals surface area contributed by atoms with Gasteiger partial charge in [-0.15, -0.1) is 0 Å². The van der Waals surface area contributed by atoms with Gasteiger partial charge in [-0.25, -0.2) is 0 Å². The van der Waals surface area contributed by atoms with Gasteiger partial charge in [0.05, 0.1) is 0 Å². The maximum Gasteiger partial charge on any atom is 0.260 e. The first-order valence-corrected chi connectivity index (χ1v) is 8.10. The second kappa shape index (κ2) is 6.02. The van der Waals surface area contributed by atoms with E-state index in [1.807, 2.05) is 6.92 Å². The molecule has 2 fully saturated rings. The fourth-order valence-corrected chi connectivity index (χ4v) is 3.50. The van der Waals surface area contributed by atoms with E-state index < -0.39 is 11.2 Å². The molecular weight excluding hydrogens is 270 g/mol. The van der Waals surface area contributed by atoms with Crippen molar-refractivity contribution in [1.29, 1.82) is 0 Å². The topological polar surface area (TPSA) is 80.4 Å². The van der Waals surface area contributed by atoms with Gasteiger partial charge in [0.2, 0.25) is 5.82 Å². The van der Waals surface area contributed by atoms with E-state index in [1.165, 1.54) is 6.42 Å². The van der Waals surface area contributed by atoms with Crippen molar-refractivity contribution in [2.45, 2.75) is 63.1 Å². The smallest absolute Gasteiger partial charge is 0.260 e. The molecule has 0 aromatic carbocycles. The number of nitrogens with zero attached hydrogens (tertiary/aromatic N) is 2. The first-order chi connectivity index (χ1) is 10.2. The maximum absolute atomic E-state index is 10.7. The second-order valence-electron chi connectivity index (χ2n) is 6.22. The molecular formula is C15H25N3O3. The molecule has 1 aromatic heterocycles. The lowest BCUT2D eigenvalue weighted by molar-refractivity contribution is -0.0777. The Balaban J connectivity index is 1.85. The molecule has 21 heavy (non-hydrogen) atoms. The zero-order valence-corrected chi connectivity index (χ0v) is 12.7. The summed E-state index contributed by atoms with van der Waals surface area (Å²) in [6.45, 7) is 4.02. The molecule has 1 saturated carbocycles. The Hall–Kier alpha value is -0.980. The minimum absolute atomic E-state index is 0.328. The summed E-state index contributed by atoms with van der Waals surface area (Å²) in [6.07, 6.45) is 6.89. The number of β-amino-alcohol motifs (C(OH)–C–C–N with tert-alkyl or cyclic N) is 1. The molecule has 6 heteroatoms. The molecule has 6 nitrogen and oxygen atoms in total. The Morgan fingerprint density at radius 2 is 2.05 bits per heavy atom. The Kier molecular flexibility index (Phi) is 4.28. The zero-order chi connectivity index (χ0) is 14.8. The highest BCUT2D eigenvalue weighted by Crippen LogP contribution is 2.40. The molecule has 1 aliphatic heterocycles. The third-order valence-electron chi connectivity index (χ3n) is 4.67. The molecule has 0 bridgehead atoms. The average molecular weight is 295 g/mol. The molecule has 1 atom stereocenters. The third-order valence-corrected chi connectivity index (χ3v) is 4.67. The molecule has 1 aromatic rings. The van der Waals surface area contributed by atoms with E-state index in [4.69, 9.17) is 9.26 Å². The number of ether oxygens (including phenoxy) is 1. The van der Waals surface area contributed by atoms with Crippen molar-refractivity contribution >= 4 is 0 Å². The van der Waals surface area contributed by atoms with Gasteiger partial charge in [0.15, 0.2) is 5.60 Å². The second-order valence-corrected chi connectivity index (χ2v) is 6.22. The number of hydrogen-bond donors (Lipinski definition) is 2. The highest BCUT2D eigenvalue weighted by Gasteiger charge is 2.43. The van der Waals surface area contributed by atoms with Crippen molar-refractivity contribution in [3.05, 3.63) is 11.7 Å². The van der Waals surface area contributed by atoms with Crippen LogP contribution in [0.4, 0.5) is 0 Å². The highest BCUT2D eigenvalue weighted by atomic mass is 16.5. The molecule has 1 unspecified atom stereocenters. The lowest BCUT2D eigenvalue weighted by Crippen LogP contribution is -2.43. The first-order valence-electron chi connectivity index (χ1n) is 8.10. The Morgan fingerprint density at radius 3 is 2.71 bits per heavy atom. The molecule has 2 aliphatic rings. The van der Waals surface area contributed by atoms with Gasteiger partial charge < -0.3 is 19.7 Å². The summed E-state index contributed by atoms with van der Waals surface area (Å²) in [5.41, 5.74) is -1.46. The first kappa shape index (κ1) is 14.9. The van der Waals surface area contributed by atoms with Crippen molar-refractivity contribution in [1.82, 2.24) is 15.5 Å². The fraction of sp³-hybridized carbons (Fsp3) is 0.867. The minimum atomic E-state index is -1.04. The molecule has 2 heterocycles. The summed E-state index contributed by atoms with van der Waals surface area (Å²) >= 11 is 0. The molecule has 2 N–H and O–H groups in total. The van der Waals surface area contributed by atoms with E-state index in [2.05, 4.69) is 15.5 Å². The van der Waals surface area contributed by atoms with Gasteiger partial charge in [-0.3, -0.25) is 0 Å². The molecule has 3 rings (SSSR count). The van der Waals surface area contributed by atoms with Crippen LogP contribution in [0.5, 0.6) is 0 Å². The third kappa shape index (κ3) is 2.84. The molecule has 1 aliphatic carbocycles. The zero-order valence-electron chi connectivity index (χ0n) is 12.7. The lowest BCUT2D eigenvalue weighted by Gasteiger charge is -2.34. The van der Waals surface area contributed by atoms with Crippen LogP contribution in [-0.2, 0) is 15.9 Å². The number of hydrogen-bond acceptors (Lipinski definition) is 6. The van der Waals surface area contributed by atoms with E-state index in [1.54, 1.807) is 0 Å². The molecule has 0 radical (unpaired) electrons. The summed E-state index contributed by atoms with van der Waals surface area (Å²) in [5, 5.41) is 18.0. The van der Waals surface area contributed by atoms with Gasteiger partial charge in [0, 0.05) is 13.2 Å². The number of nitrogens with one attached hydrogen (secondary N) is 1. The van der Waals surface area contributed by atoms with Crippen molar-refractivity contribution < 1.29 is 14.4 Å². The van der Waals surface area contributed by atoms with Gasteiger partial charge in [0.1, 0.15) is 5.60 Å². The van der Waals surface area contributed by atoms with E-state index in [9.17, 15) is 5.11 Å². The normalized spacial score (nSPS) is 29.4. The molecule has 1 saturated heterocycles. The van der Waals surface area contributed by atoms with E-state index in [0.717, 1.165) is 38.6 Å². The van der Waals surface area contributed by atoms with Crippen molar-refractivity contribution in [2.24, 2.45) is 0 Å². The van der Waals surface area contributed by atoms with Gasteiger partial charge in [0.25, 0.3) is 5.89 Å². The minimum Gasteiger partial charge on any atom is -0.379 e. The summed E-state index contributed by atoms with van der Waals surface area (Å²) in [6, 6.07) is 0. The Bertz CT molecular complexity index is 457. The number of aliphatic hydroxyl groups is 1. The van der Waals surface area contributed by atoms with Gasteiger partial charge in [-0.2, -0.15) is 4.98 Å². The molecule has 118 valence electrons. The fourth-order valence-electron chi connectivity index (χ4n) is 3.50. The van der Waals surface area contributed by atoms with E-state index >= 15 is 0 Å². The van der Waals surface area contributed by atoms with Crippen molar-refractivity contribution in [3.8, 4) is 0 Å². The predicted molar refractivity (Wildman–Crippen MR) is 76.7 cm³/mol. The molecule has 0 amide bonds. The summed E-state index contributed by atoms with van der Waals surface area (Å²) < 4.78 is 11.4. The Morgan fingerprint density at radius 1 is 1.24 bits per heavy atom. The monoisotopic (exact) mass is 295 g/mol. The van der Waals surface area contributed by atoms with Crippen LogP contribution in [0.25, 0.3) is 0 Å². The highest BCUT2D eigenvalue weighted by molar-refractivity contribution is 5.08. The molecule has 0 spiro atoms. The quantitative estimate of drug-likeness (QED) is 0.882. The van der Waals surface area contributed by atoms with Crippen LogP contribution >= 0.6 is 0 Å². The SMILES string of the molecule is CCOC1(c2noc(C3(O)CCCNC3)n2)CCCCC1. The number of piperidine rings is 1. The predicted octanol–water partition coefficient (Wildman–Crippen LogP) is 1.84. The van der Waals surface area contributed by atoms with Crippen molar-refractivity contribution in [3.63, 3.8) is 0 Å². The Labute approximate surface area is 125 Å². The average Bonchev–Trinajstić information content (AvgIpc) is 3.01. The van der Waals surface area contributed by atoms with Gasteiger partial charge >= 0.3 is 0 Å². The summed E-state index contributed by atoms with van der Waals surface area (Å²) in [5.74, 6) is 0.937. The number of rotatable bonds is 4. The van der Waals surface area contributed by atoms with E-state index in [-0.39, 0.29) is 0 Å². The van der Waals surface area contributed by atoms with Crippen LogP contribution in [0, 0.1) is 0 Å². The standard InChI is InChI=1S/C15H25N3O3/c1-2-20-15(8-4-3-5-9-15)12-17-13(21-18-12)14(19)7-6-10-16-11-14/h16,19H,2-11H2,1H3. The van der Waals surface area contributed by atoms with Crippen LogP contribution in [-0.4, -0.2) is 34.9 Å². The largest absolute Gasteiger partial charge is 0.379 e. The lowest BCUT2D eigenvalue weighted by atomic mass is 9.84. The summed E-state index contributed by atoms with van der Waals surface area (Å²) in [4.78, 5) is 4.53. The van der Waals surface area contributed by atoms with Crippen molar-refractivity contribution in [2.75, 3.05) is 19.7 Å². The van der Waals surface area contributed by atoms with Crippen LogP contribution in [0.3, 0.4) is 0 Å². The van der Waals surface area contributed by atoms with Crippen LogP contribution in [0.15, 0.2) is 4.52 Å². The van der Waals surface area contributed by atoms with Crippen LogP contribution < -0.4 is 5.32 Å². The van der Waals surface area contributed by atoms with E-state index in [0.29, 0.717) is 31.3 Å². The van der Waals surface area contributed by atoms with Crippen LogP contribution in [0.1, 0.15) is 63.6 Å². The summed E-state index contributed by atoms with van der Waals surface area (Å²) in [7, 11) is 0. The van der Waals surface area contributed by atoms with Gasteiger partial charge in [-0.05, 0) is 39.2 Å². The number of aromatic nitrogens is 2. The maximum atomic E-state index is 10.7.